The van der Waals surface area contributed by atoms with Crippen LogP contribution < -0.4 is 0 Å². The molecule has 0 aliphatic heterocycles. The largest absolute Gasteiger partial charge is 0.330 e. The van der Waals surface area contributed by atoms with Gasteiger partial charge in [-0.2, -0.15) is 0 Å². The maximum absolute atomic E-state index is 13.7. The number of benzene rings is 2. The summed E-state index contributed by atoms with van der Waals surface area (Å²) in [5.41, 5.74) is 2.31. The number of nitrogens with one attached hydrogen (secondary N) is 1. The number of fused-ring (bicyclic) bond motifs is 1. The summed E-state index contributed by atoms with van der Waals surface area (Å²) < 4.78 is 16.6. The van der Waals surface area contributed by atoms with Crippen molar-refractivity contribution < 1.29 is 4.39 Å². The van der Waals surface area contributed by atoms with E-state index >= 15 is 0 Å². The van der Waals surface area contributed by atoms with Gasteiger partial charge in [0.25, 0.3) is 0 Å². The molecule has 19 heavy (non-hydrogen) atoms. The molecule has 0 unspecified atom stereocenters. The summed E-state index contributed by atoms with van der Waals surface area (Å²) in [6.07, 6.45) is 0. The molecule has 0 saturated carbocycles. The molecule has 1 aromatic heterocycles. The van der Waals surface area contributed by atoms with Crippen molar-refractivity contribution in [3.05, 3.63) is 55.6 Å². The predicted octanol–water partition coefficient (Wildman–Crippen LogP) is 5.09. The van der Waals surface area contributed by atoms with Gasteiger partial charge in [0.1, 0.15) is 5.82 Å². The lowest BCUT2D eigenvalue weighted by molar-refractivity contribution is 0.622. The zero-order chi connectivity index (χ0) is 13.6. The number of halogens is 3. The Labute approximate surface area is 132 Å². The molecule has 3 aromatic rings. The number of nitrogens with zero attached hydrogens (tertiary/aromatic N) is 1. The van der Waals surface area contributed by atoms with Crippen LogP contribution in [0.5, 0.6) is 0 Å². The van der Waals surface area contributed by atoms with E-state index in [0.29, 0.717) is 18.9 Å². The Morgan fingerprint density at radius 2 is 2.05 bits per heavy atom. The van der Waals surface area contributed by atoms with Crippen LogP contribution in [-0.2, 0) is 0 Å². The zero-order valence-electron chi connectivity index (χ0n) is 9.45. The Morgan fingerprint density at radius 3 is 2.79 bits per heavy atom. The molecular weight excluding hydrogens is 398 g/mol. The summed E-state index contributed by atoms with van der Waals surface area (Å²) in [5, 5.41) is 0.611. The quantitative estimate of drug-likeness (QED) is 0.443. The van der Waals surface area contributed by atoms with Gasteiger partial charge in [0, 0.05) is 16.8 Å². The second-order valence-electron chi connectivity index (χ2n) is 4.03. The first-order valence-corrected chi connectivity index (χ1v) is 7.28. The van der Waals surface area contributed by atoms with Gasteiger partial charge in [-0.3, -0.25) is 4.57 Å². The van der Waals surface area contributed by atoms with Gasteiger partial charge in [0.05, 0.1) is 14.6 Å². The monoisotopic (exact) mass is 404 g/mol. The fourth-order valence-electron chi connectivity index (χ4n) is 1.97. The number of aromatic amines is 1. The Hall–Kier alpha value is -0.920. The Morgan fingerprint density at radius 1 is 1.26 bits per heavy atom. The van der Waals surface area contributed by atoms with Crippen molar-refractivity contribution >= 4 is 57.4 Å². The number of hydrogen-bond donors (Lipinski definition) is 1. The van der Waals surface area contributed by atoms with E-state index in [1.807, 2.05) is 34.7 Å². The fraction of sp³-hybridized carbons (Fsp3) is 0. The first-order valence-electron chi connectivity index (χ1n) is 5.42. The highest BCUT2D eigenvalue weighted by molar-refractivity contribution is 14.1. The van der Waals surface area contributed by atoms with E-state index in [9.17, 15) is 4.39 Å². The van der Waals surface area contributed by atoms with Crippen molar-refractivity contribution in [1.82, 2.24) is 9.55 Å². The van der Waals surface area contributed by atoms with E-state index < -0.39 is 0 Å². The minimum Gasteiger partial charge on any atom is -0.330 e. The lowest BCUT2D eigenvalue weighted by atomic mass is 10.2. The van der Waals surface area contributed by atoms with E-state index in [1.54, 1.807) is 22.8 Å². The molecule has 0 atom stereocenters. The van der Waals surface area contributed by atoms with Gasteiger partial charge < -0.3 is 4.98 Å². The molecule has 0 fully saturated rings. The zero-order valence-corrected chi connectivity index (χ0v) is 13.2. The van der Waals surface area contributed by atoms with Crippen molar-refractivity contribution in [1.29, 1.82) is 0 Å². The van der Waals surface area contributed by atoms with Crippen molar-refractivity contribution in [2.75, 3.05) is 0 Å². The molecule has 0 spiro atoms. The average molecular weight is 405 g/mol. The van der Waals surface area contributed by atoms with Crippen molar-refractivity contribution in [3.8, 4) is 5.69 Å². The summed E-state index contributed by atoms with van der Waals surface area (Å²) in [6.45, 7) is 0. The number of imidazole rings is 1. The Bertz CT molecular complexity index is 840. The van der Waals surface area contributed by atoms with E-state index in [2.05, 4.69) is 4.98 Å². The lowest BCUT2D eigenvalue weighted by Gasteiger charge is -2.05. The third-order valence-corrected chi connectivity index (χ3v) is 4.14. The molecule has 96 valence electrons. The second kappa shape index (κ2) is 4.88. The van der Waals surface area contributed by atoms with Crippen molar-refractivity contribution in [3.63, 3.8) is 0 Å². The highest BCUT2D eigenvalue weighted by Crippen LogP contribution is 2.24. The molecule has 0 radical (unpaired) electrons. The average Bonchev–Trinajstić information content (AvgIpc) is 2.65. The SMILES string of the molecule is Fc1cc2c(cc1I)[nH]c(=S)n2-c1cccc(Cl)c1. The molecule has 1 N–H and O–H groups in total. The third-order valence-electron chi connectivity index (χ3n) is 2.79. The molecule has 0 amide bonds. The number of rotatable bonds is 1. The van der Waals surface area contributed by atoms with Crippen molar-refractivity contribution in [2.24, 2.45) is 0 Å². The minimum absolute atomic E-state index is 0.266. The highest BCUT2D eigenvalue weighted by atomic mass is 127. The van der Waals surface area contributed by atoms with Crippen LogP contribution in [0.15, 0.2) is 36.4 Å². The molecule has 2 aromatic carbocycles. The number of hydrogen-bond acceptors (Lipinski definition) is 1. The molecule has 0 aliphatic carbocycles. The van der Waals surface area contributed by atoms with Crippen LogP contribution in [0.4, 0.5) is 4.39 Å². The molecule has 2 nitrogen and oxygen atoms in total. The highest BCUT2D eigenvalue weighted by Gasteiger charge is 2.10. The van der Waals surface area contributed by atoms with Gasteiger partial charge in [-0.05, 0) is 59.1 Å². The Balaban J connectivity index is 2.38. The van der Waals surface area contributed by atoms with Crippen molar-refractivity contribution in [2.45, 2.75) is 0 Å². The molecule has 3 rings (SSSR count). The van der Waals surface area contributed by atoms with E-state index in [1.165, 1.54) is 6.07 Å². The molecular formula is C13H7ClFIN2S. The summed E-state index contributed by atoms with van der Waals surface area (Å²) in [6, 6.07) is 10.5. The van der Waals surface area contributed by atoms with E-state index in [0.717, 1.165) is 11.2 Å². The molecule has 1 heterocycles. The summed E-state index contributed by atoms with van der Waals surface area (Å²) in [5.74, 6) is -0.266. The predicted molar refractivity (Wildman–Crippen MR) is 86.1 cm³/mol. The standard InChI is InChI=1S/C13H7ClFIN2S/c14-7-2-1-3-8(4-7)18-12-5-9(15)10(16)6-11(12)17-13(18)19/h1-6H,(H,17,19). The summed E-state index contributed by atoms with van der Waals surface area (Å²) >= 11 is 13.2. The van der Waals surface area contributed by atoms with Crippen LogP contribution in [0.3, 0.4) is 0 Å². The number of H-pyrrole nitrogens is 1. The van der Waals surface area contributed by atoms with Crippen LogP contribution >= 0.6 is 46.4 Å². The molecule has 0 saturated heterocycles. The second-order valence-corrected chi connectivity index (χ2v) is 6.01. The maximum atomic E-state index is 13.7. The topological polar surface area (TPSA) is 20.7 Å². The first-order chi connectivity index (χ1) is 9.06. The number of aromatic nitrogens is 2. The van der Waals surface area contributed by atoms with Gasteiger partial charge >= 0.3 is 0 Å². The lowest BCUT2D eigenvalue weighted by Crippen LogP contribution is -1.94. The normalized spacial score (nSPS) is 11.1. The smallest absolute Gasteiger partial charge is 0.182 e. The van der Waals surface area contributed by atoms with Crippen LogP contribution in [0.2, 0.25) is 5.02 Å². The van der Waals surface area contributed by atoms with Gasteiger partial charge in [0.2, 0.25) is 0 Å². The third kappa shape index (κ3) is 2.30. The Kier molecular flexibility index (Phi) is 3.36. The molecule has 0 bridgehead atoms. The summed E-state index contributed by atoms with van der Waals surface area (Å²) in [4.78, 5) is 3.08. The van der Waals surface area contributed by atoms with E-state index in [4.69, 9.17) is 23.8 Å². The molecule has 6 heteroatoms. The van der Waals surface area contributed by atoms with Crippen LogP contribution in [0, 0.1) is 14.2 Å². The van der Waals surface area contributed by atoms with Gasteiger partial charge in [-0.1, -0.05) is 17.7 Å². The minimum atomic E-state index is -0.266. The maximum Gasteiger partial charge on any atom is 0.182 e. The van der Waals surface area contributed by atoms with Crippen LogP contribution in [0.1, 0.15) is 0 Å². The summed E-state index contributed by atoms with van der Waals surface area (Å²) in [7, 11) is 0. The van der Waals surface area contributed by atoms with Crippen LogP contribution in [0.25, 0.3) is 16.7 Å². The first kappa shape index (κ1) is 13.1. The van der Waals surface area contributed by atoms with Gasteiger partial charge in [-0.25, -0.2) is 4.39 Å². The van der Waals surface area contributed by atoms with Gasteiger partial charge in [-0.15, -0.1) is 0 Å². The van der Waals surface area contributed by atoms with Gasteiger partial charge in [0.15, 0.2) is 4.77 Å². The van der Waals surface area contributed by atoms with E-state index in [-0.39, 0.29) is 5.82 Å². The molecule has 0 aliphatic rings. The van der Waals surface area contributed by atoms with Crippen LogP contribution in [-0.4, -0.2) is 9.55 Å². The fourth-order valence-corrected chi connectivity index (χ4v) is 2.94.